The van der Waals surface area contributed by atoms with Crippen molar-refractivity contribution in [2.45, 2.75) is 13.8 Å². The van der Waals surface area contributed by atoms with E-state index in [-0.39, 0.29) is 5.56 Å². The predicted molar refractivity (Wildman–Crippen MR) is 51.5 cm³/mol. The van der Waals surface area contributed by atoms with Crippen LogP contribution in [0, 0.1) is 0 Å². The summed E-state index contributed by atoms with van der Waals surface area (Å²) in [5.74, 6) is 0. The molecule has 0 amide bonds. The molecule has 0 atom stereocenters. The summed E-state index contributed by atoms with van der Waals surface area (Å²) in [6.45, 7) is 4.00. The van der Waals surface area contributed by atoms with Crippen LogP contribution in [0.15, 0.2) is 29.5 Å². The molecule has 0 bridgehead atoms. The number of nitrogens with zero attached hydrogens (tertiary/aromatic N) is 2. The molecule has 0 aliphatic heterocycles. The van der Waals surface area contributed by atoms with Gasteiger partial charge < -0.3 is 4.98 Å². The lowest BCUT2D eigenvalue weighted by molar-refractivity contribution is 1.15. The van der Waals surface area contributed by atoms with Gasteiger partial charge in [-0.1, -0.05) is 13.8 Å². The quantitative estimate of drug-likeness (QED) is 0.660. The third-order valence-electron chi connectivity index (χ3n) is 1.40. The van der Waals surface area contributed by atoms with Crippen molar-refractivity contribution < 1.29 is 0 Å². The third-order valence-corrected chi connectivity index (χ3v) is 1.40. The molecule has 13 heavy (non-hydrogen) atoms. The highest BCUT2D eigenvalue weighted by Crippen LogP contribution is 1.98. The molecule has 4 heteroatoms. The first-order valence-electron chi connectivity index (χ1n) is 4.16. The Labute approximate surface area is 75.7 Å². The van der Waals surface area contributed by atoms with Gasteiger partial charge in [-0.2, -0.15) is 0 Å². The molecule has 2 aromatic heterocycles. The zero-order chi connectivity index (χ0) is 9.68. The van der Waals surface area contributed by atoms with Gasteiger partial charge in [-0.25, -0.2) is 9.97 Å². The summed E-state index contributed by atoms with van der Waals surface area (Å²) in [4.78, 5) is 21.3. The van der Waals surface area contributed by atoms with Crippen molar-refractivity contribution in [1.82, 2.24) is 15.0 Å². The van der Waals surface area contributed by atoms with Gasteiger partial charge in [0.25, 0.3) is 5.56 Å². The number of aromatic nitrogens is 3. The molecule has 0 aliphatic rings. The number of fused-ring (bicyclic) bond motifs is 1. The van der Waals surface area contributed by atoms with Crippen molar-refractivity contribution in [3.8, 4) is 0 Å². The minimum Gasteiger partial charge on any atom is -0.311 e. The van der Waals surface area contributed by atoms with E-state index in [1.165, 1.54) is 6.33 Å². The smallest absolute Gasteiger partial charge is 0.277 e. The van der Waals surface area contributed by atoms with Crippen LogP contribution >= 0.6 is 0 Å². The summed E-state index contributed by atoms with van der Waals surface area (Å²) in [5.41, 5.74) is 0.807. The first kappa shape index (κ1) is 9.38. The van der Waals surface area contributed by atoms with E-state index in [9.17, 15) is 4.79 Å². The third kappa shape index (κ3) is 1.90. The molecule has 4 nitrogen and oxygen atoms in total. The minimum atomic E-state index is -0.199. The molecule has 2 aromatic rings. The first-order chi connectivity index (χ1) is 6.38. The van der Waals surface area contributed by atoms with Crippen LogP contribution in [0.5, 0.6) is 0 Å². The first-order valence-corrected chi connectivity index (χ1v) is 4.16. The second-order valence-corrected chi connectivity index (χ2v) is 2.10. The Hall–Kier alpha value is -1.71. The van der Waals surface area contributed by atoms with Crippen molar-refractivity contribution in [1.29, 1.82) is 0 Å². The second-order valence-electron chi connectivity index (χ2n) is 2.10. The maximum Gasteiger partial charge on any atom is 0.277 e. The summed E-state index contributed by atoms with van der Waals surface area (Å²) in [6.07, 6.45) is 2.94. The molecule has 0 radical (unpaired) electrons. The van der Waals surface area contributed by atoms with Crippen LogP contribution < -0.4 is 5.56 Å². The topological polar surface area (TPSA) is 58.6 Å². The number of hydrogen-bond donors (Lipinski definition) is 1. The van der Waals surface area contributed by atoms with Crippen molar-refractivity contribution >= 4 is 11.0 Å². The van der Waals surface area contributed by atoms with Crippen LogP contribution in [-0.4, -0.2) is 15.0 Å². The molecule has 0 aromatic carbocycles. The predicted octanol–water partition coefficient (Wildman–Crippen LogP) is 1.34. The Bertz CT molecular complexity index is 431. The molecule has 0 spiro atoms. The summed E-state index contributed by atoms with van der Waals surface area (Å²) in [5, 5.41) is 0. The number of pyridine rings is 1. The molecule has 1 N–H and O–H groups in total. The molecule has 0 fully saturated rings. The Kier molecular flexibility index (Phi) is 3.14. The van der Waals surface area contributed by atoms with Crippen molar-refractivity contribution in [3.05, 3.63) is 35.0 Å². The largest absolute Gasteiger partial charge is 0.311 e. The fourth-order valence-corrected chi connectivity index (χ4v) is 0.905. The van der Waals surface area contributed by atoms with E-state index in [1.807, 2.05) is 13.8 Å². The normalized spacial score (nSPS) is 9.08. The number of H-pyrrole nitrogens is 1. The number of rotatable bonds is 0. The van der Waals surface area contributed by atoms with E-state index < -0.39 is 0 Å². The van der Waals surface area contributed by atoms with Crippen LogP contribution in [0.3, 0.4) is 0 Å². The van der Waals surface area contributed by atoms with E-state index >= 15 is 0 Å². The fourth-order valence-electron chi connectivity index (χ4n) is 0.905. The SMILES string of the molecule is CC.O=c1[nH]cnc2cccnc12. The highest BCUT2D eigenvalue weighted by molar-refractivity contribution is 5.71. The zero-order valence-electron chi connectivity index (χ0n) is 7.61. The number of nitrogens with one attached hydrogen (secondary N) is 1. The van der Waals surface area contributed by atoms with Gasteiger partial charge in [0.05, 0.1) is 11.8 Å². The molecule has 0 unspecified atom stereocenters. The van der Waals surface area contributed by atoms with E-state index in [2.05, 4.69) is 15.0 Å². The van der Waals surface area contributed by atoms with Gasteiger partial charge >= 0.3 is 0 Å². The van der Waals surface area contributed by atoms with Gasteiger partial charge in [-0.05, 0) is 12.1 Å². The standard InChI is InChI=1S/C7H5N3O.C2H6/c11-7-6-5(9-4-10-7)2-1-3-8-6;1-2/h1-4H,(H,9,10,11);1-2H3. The maximum atomic E-state index is 11.0. The van der Waals surface area contributed by atoms with Crippen molar-refractivity contribution in [3.63, 3.8) is 0 Å². The highest BCUT2D eigenvalue weighted by atomic mass is 16.1. The molecule has 68 valence electrons. The lowest BCUT2D eigenvalue weighted by atomic mass is 10.4. The Morgan fingerprint density at radius 2 is 2.08 bits per heavy atom. The number of aromatic amines is 1. The van der Waals surface area contributed by atoms with Crippen LogP contribution in [0.4, 0.5) is 0 Å². The lowest BCUT2D eigenvalue weighted by Gasteiger charge is -1.90. The molecule has 0 saturated carbocycles. The van der Waals surface area contributed by atoms with Gasteiger partial charge in [0.2, 0.25) is 0 Å². The van der Waals surface area contributed by atoms with E-state index in [0.29, 0.717) is 11.0 Å². The molecular formula is C9H11N3O. The van der Waals surface area contributed by atoms with Crippen molar-refractivity contribution in [2.75, 3.05) is 0 Å². The van der Waals surface area contributed by atoms with E-state index in [1.54, 1.807) is 18.3 Å². The lowest BCUT2D eigenvalue weighted by Crippen LogP contribution is -2.07. The van der Waals surface area contributed by atoms with Gasteiger partial charge in [0, 0.05) is 6.20 Å². The Morgan fingerprint density at radius 3 is 2.77 bits per heavy atom. The maximum absolute atomic E-state index is 11.0. The Balaban J connectivity index is 0.000000396. The van der Waals surface area contributed by atoms with Crippen LogP contribution in [-0.2, 0) is 0 Å². The average Bonchev–Trinajstić information content (AvgIpc) is 2.22. The molecule has 0 saturated heterocycles. The summed E-state index contributed by atoms with van der Waals surface area (Å²) >= 11 is 0. The monoisotopic (exact) mass is 177 g/mol. The van der Waals surface area contributed by atoms with Crippen LogP contribution in [0.2, 0.25) is 0 Å². The van der Waals surface area contributed by atoms with Gasteiger partial charge in [0.1, 0.15) is 0 Å². The number of hydrogen-bond acceptors (Lipinski definition) is 3. The van der Waals surface area contributed by atoms with Gasteiger partial charge in [-0.15, -0.1) is 0 Å². The molecule has 2 heterocycles. The summed E-state index contributed by atoms with van der Waals surface area (Å²) in [6, 6.07) is 3.49. The Morgan fingerprint density at radius 1 is 1.31 bits per heavy atom. The van der Waals surface area contributed by atoms with E-state index in [4.69, 9.17) is 0 Å². The molecular weight excluding hydrogens is 166 g/mol. The van der Waals surface area contributed by atoms with Crippen LogP contribution in [0.25, 0.3) is 11.0 Å². The summed E-state index contributed by atoms with van der Waals surface area (Å²) in [7, 11) is 0. The second kappa shape index (κ2) is 4.35. The van der Waals surface area contributed by atoms with Crippen LogP contribution in [0.1, 0.15) is 13.8 Å². The zero-order valence-corrected chi connectivity index (χ0v) is 7.61. The molecule has 0 aliphatic carbocycles. The molecule has 2 rings (SSSR count). The van der Waals surface area contributed by atoms with E-state index in [0.717, 1.165) is 0 Å². The van der Waals surface area contributed by atoms with Gasteiger partial charge in [-0.3, -0.25) is 4.79 Å². The highest BCUT2D eigenvalue weighted by Gasteiger charge is 1.95. The minimum absolute atomic E-state index is 0.199. The van der Waals surface area contributed by atoms with Gasteiger partial charge in [0.15, 0.2) is 5.52 Å². The summed E-state index contributed by atoms with van der Waals surface area (Å²) < 4.78 is 0. The fraction of sp³-hybridized carbons (Fsp3) is 0.222. The van der Waals surface area contributed by atoms with Crippen molar-refractivity contribution in [2.24, 2.45) is 0 Å². The average molecular weight is 177 g/mol.